The van der Waals surface area contributed by atoms with Gasteiger partial charge in [-0.1, -0.05) is 24.3 Å². The lowest BCUT2D eigenvalue weighted by atomic mass is 9.88. The van der Waals surface area contributed by atoms with Crippen molar-refractivity contribution < 1.29 is 4.74 Å². The van der Waals surface area contributed by atoms with Crippen LogP contribution < -0.4 is 5.56 Å². The van der Waals surface area contributed by atoms with E-state index in [1.807, 2.05) is 12.1 Å². The summed E-state index contributed by atoms with van der Waals surface area (Å²) < 4.78 is 7.25. The fourth-order valence-electron chi connectivity index (χ4n) is 2.80. The van der Waals surface area contributed by atoms with E-state index in [0.29, 0.717) is 5.52 Å². The van der Waals surface area contributed by atoms with Crippen LogP contribution >= 0.6 is 0 Å². The molecule has 1 atom stereocenters. The van der Waals surface area contributed by atoms with Crippen LogP contribution in [-0.4, -0.2) is 21.2 Å². The lowest BCUT2D eigenvalue weighted by Crippen LogP contribution is -2.37. The smallest absolute Gasteiger partial charge is 0.274 e. The molecule has 2 aromatic heterocycles. The van der Waals surface area contributed by atoms with Gasteiger partial charge in [0, 0.05) is 24.4 Å². The summed E-state index contributed by atoms with van der Waals surface area (Å²) in [6, 6.07) is 8.17. The Morgan fingerprint density at radius 2 is 2.10 bits per heavy atom. The molecule has 0 aliphatic carbocycles. The molecule has 4 rings (SSSR count). The van der Waals surface area contributed by atoms with Crippen LogP contribution in [0.3, 0.4) is 0 Å². The van der Waals surface area contributed by atoms with Crippen molar-refractivity contribution in [3.8, 4) is 11.1 Å². The van der Waals surface area contributed by atoms with Gasteiger partial charge in [0.05, 0.1) is 18.4 Å². The Kier molecular flexibility index (Phi) is 2.53. The van der Waals surface area contributed by atoms with Crippen LogP contribution in [0.15, 0.2) is 47.7 Å². The van der Waals surface area contributed by atoms with Crippen molar-refractivity contribution in [3.05, 3.63) is 58.8 Å². The van der Waals surface area contributed by atoms with Gasteiger partial charge < -0.3 is 9.72 Å². The van der Waals surface area contributed by atoms with E-state index in [1.165, 1.54) is 5.56 Å². The third-order valence-electron chi connectivity index (χ3n) is 4.25. The van der Waals surface area contributed by atoms with Crippen LogP contribution in [0.4, 0.5) is 0 Å². The number of nitrogens with one attached hydrogen (secondary N) is 1. The van der Waals surface area contributed by atoms with E-state index in [2.05, 4.69) is 29.1 Å². The molecule has 0 bridgehead atoms. The summed E-state index contributed by atoms with van der Waals surface area (Å²) in [6.45, 7) is 2.92. The number of aromatic nitrogens is 3. The van der Waals surface area contributed by atoms with Crippen molar-refractivity contribution in [3.63, 3.8) is 0 Å². The van der Waals surface area contributed by atoms with Gasteiger partial charge in [-0.2, -0.15) is 5.10 Å². The first kappa shape index (κ1) is 12.3. The predicted molar refractivity (Wildman–Crippen MR) is 79.2 cm³/mol. The highest BCUT2D eigenvalue weighted by molar-refractivity contribution is 5.79. The van der Waals surface area contributed by atoms with Crippen LogP contribution in [0.1, 0.15) is 18.9 Å². The highest BCUT2D eigenvalue weighted by atomic mass is 16.5. The molecule has 1 aromatic carbocycles. The summed E-state index contributed by atoms with van der Waals surface area (Å²) in [5.74, 6) is 0. The van der Waals surface area contributed by atoms with Gasteiger partial charge in [0.15, 0.2) is 0 Å². The van der Waals surface area contributed by atoms with Crippen molar-refractivity contribution in [1.29, 1.82) is 0 Å². The molecular formula is C16H15N3O2. The zero-order chi connectivity index (χ0) is 14.4. The number of rotatable bonds is 2. The molecule has 1 unspecified atom stereocenters. The van der Waals surface area contributed by atoms with E-state index in [0.717, 1.165) is 24.2 Å². The predicted octanol–water partition coefficient (Wildman–Crippen LogP) is 2.33. The average molecular weight is 281 g/mol. The largest absolute Gasteiger partial charge is 0.370 e. The van der Waals surface area contributed by atoms with Gasteiger partial charge in [-0.05, 0) is 18.1 Å². The maximum absolute atomic E-state index is 12.0. The Morgan fingerprint density at radius 1 is 1.33 bits per heavy atom. The van der Waals surface area contributed by atoms with Crippen molar-refractivity contribution in [1.82, 2.24) is 14.6 Å². The summed E-state index contributed by atoms with van der Waals surface area (Å²) in [5.41, 5.74) is 3.26. The van der Waals surface area contributed by atoms with Crippen LogP contribution in [-0.2, 0) is 10.3 Å². The van der Waals surface area contributed by atoms with Gasteiger partial charge in [-0.3, -0.25) is 4.79 Å². The first-order valence-electron chi connectivity index (χ1n) is 6.97. The molecule has 0 radical (unpaired) electrons. The molecule has 3 aromatic rings. The van der Waals surface area contributed by atoms with Gasteiger partial charge in [-0.15, -0.1) is 0 Å². The van der Waals surface area contributed by atoms with E-state index in [1.54, 1.807) is 23.1 Å². The number of fused-ring (bicyclic) bond motifs is 1. The Labute approximate surface area is 121 Å². The molecule has 0 spiro atoms. The number of benzene rings is 1. The first-order chi connectivity index (χ1) is 10.2. The molecule has 0 amide bonds. The van der Waals surface area contributed by atoms with Gasteiger partial charge in [-0.25, -0.2) is 4.52 Å². The third kappa shape index (κ3) is 1.81. The lowest BCUT2D eigenvalue weighted by Gasteiger charge is -2.39. The standard InChI is InChI=1S/C16H15N3O2/c1-16(6-9-21-16)12-4-2-11(3-5-12)13-10-18-19-8-7-17-15(20)14(13)19/h2-5,7-8,10H,6,9H2,1H3,(H,17,20). The van der Waals surface area contributed by atoms with Crippen molar-refractivity contribution in [2.75, 3.05) is 6.61 Å². The molecule has 1 saturated heterocycles. The molecule has 1 aliphatic rings. The fourth-order valence-corrected chi connectivity index (χ4v) is 2.80. The number of ether oxygens (including phenoxy) is 1. The van der Waals surface area contributed by atoms with E-state index >= 15 is 0 Å². The molecule has 3 heterocycles. The van der Waals surface area contributed by atoms with E-state index in [4.69, 9.17) is 4.74 Å². The number of hydrogen-bond acceptors (Lipinski definition) is 3. The molecule has 1 aliphatic heterocycles. The fraction of sp³-hybridized carbons (Fsp3) is 0.250. The summed E-state index contributed by atoms with van der Waals surface area (Å²) in [7, 11) is 0. The highest BCUT2D eigenvalue weighted by Gasteiger charge is 2.34. The van der Waals surface area contributed by atoms with Gasteiger partial charge >= 0.3 is 0 Å². The maximum atomic E-state index is 12.0. The molecule has 1 N–H and O–H groups in total. The van der Waals surface area contributed by atoms with Gasteiger partial charge in [0.25, 0.3) is 5.56 Å². The second-order valence-electron chi connectivity index (χ2n) is 5.55. The normalized spacial score (nSPS) is 21.4. The summed E-state index contributed by atoms with van der Waals surface area (Å²) in [5, 5.41) is 4.23. The summed E-state index contributed by atoms with van der Waals surface area (Å²) in [6.07, 6.45) is 6.09. The minimum atomic E-state index is -0.156. The van der Waals surface area contributed by atoms with Crippen LogP contribution in [0.5, 0.6) is 0 Å². The minimum absolute atomic E-state index is 0.136. The zero-order valence-corrected chi connectivity index (χ0v) is 11.7. The Morgan fingerprint density at radius 3 is 2.76 bits per heavy atom. The maximum Gasteiger partial charge on any atom is 0.274 e. The average Bonchev–Trinajstić information content (AvgIpc) is 2.90. The second kappa shape index (κ2) is 4.30. The summed E-state index contributed by atoms with van der Waals surface area (Å²) in [4.78, 5) is 14.7. The van der Waals surface area contributed by atoms with Crippen molar-refractivity contribution in [2.24, 2.45) is 0 Å². The van der Waals surface area contributed by atoms with Crippen LogP contribution in [0.25, 0.3) is 16.6 Å². The molecule has 1 fully saturated rings. The van der Waals surface area contributed by atoms with Crippen LogP contribution in [0, 0.1) is 0 Å². The Hall–Kier alpha value is -2.40. The van der Waals surface area contributed by atoms with E-state index in [-0.39, 0.29) is 11.2 Å². The molecule has 0 saturated carbocycles. The molecule has 21 heavy (non-hydrogen) atoms. The first-order valence-corrected chi connectivity index (χ1v) is 6.97. The van der Waals surface area contributed by atoms with Crippen molar-refractivity contribution in [2.45, 2.75) is 18.9 Å². The Bertz CT molecular complexity index is 857. The SMILES string of the molecule is CC1(c2ccc(-c3cnn4cc[nH]c(=O)c34)cc2)CCO1. The van der Waals surface area contributed by atoms with Crippen molar-refractivity contribution >= 4 is 5.52 Å². The topological polar surface area (TPSA) is 59.4 Å². The zero-order valence-electron chi connectivity index (χ0n) is 11.7. The highest BCUT2D eigenvalue weighted by Crippen LogP contribution is 2.37. The lowest BCUT2D eigenvalue weighted by molar-refractivity contribution is -0.140. The van der Waals surface area contributed by atoms with E-state index < -0.39 is 0 Å². The molecular weight excluding hydrogens is 266 g/mol. The second-order valence-corrected chi connectivity index (χ2v) is 5.55. The van der Waals surface area contributed by atoms with Gasteiger partial charge in [0.2, 0.25) is 0 Å². The minimum Gasteiger partial charge on any atom is -0.370 e. The molecule has 106 valence electrons. The summed E-state index contributed by atoms with van der Waals surface area (Å²) >= 11 is 0. The van der Waals surface area contributed by atoms with E-state index in [9.17, 15) is 4.79 Å². The number of aromatic amines is 1. The monoisotopic (exact) mass is 281 g/mol. The number of nitrogens with zero attached hydrogens (tertiary/aromatic N) is 2. The van der Waals surface area contributed by atoms with Crippen LogP contribution in [0.2, 0.25) is 0 Å². The number of H-pyrrole nitrogens is 1. The number of hydrogen-bond donors (Lipinski definition) is 1. The van der Waals surface area contributed by atoms with Gasteiger partial charge in [0.1, 0.15) is 5.52 Å². The third-order valence-corrected chi connectivity index (χ3v) is 4.25. The molecule has 5 nitrogen and oxygen atoms in total. The quantitative estimate of drug-likeness (QED) is 0.784. The Balaban J connectivity index is 1.81. The molecule has 5 heteroatoms.